The fourth-order valence-corrected chi connectivity index (χ4v) is 4.49. The van der Waals surface area contributed by atoms with Crippen molar-refractivity contribution in [2.75, 3.05) is 29.0 Å². The summed E-state index contributed by atoms with van der Waals surface area (Å²) >= 11 is 1.19. The van der Waals surface area contributed by atoms with E-state index >= 15 is 0 Å². The van der Waals surface area contributed by atoms with Crippen LogP contribution in [0.2, 0.25) is 0 Å². The van der Waals surface area contributed by atoms with Crippen LogP contribution in [0.1, 0.15) is 0 Å². The van der Waals surface area contributed by atoms with Crippen LogP contribution in [-0.2, 0) is 24.3 Å². The van der Waals surface area contributed by atoms with Gasteiger partial charge in [0.15, 0.2) is 0 Å². The van der Waals surface area contributed by atoms with Crippen molar-refractivity contribution in [2.24, 2.45) is 0 Å². The molecule has 28 heavy (non-hydrogen) atoms. The molecule has 0 aliphatic carbocycles. The van der Waals surface area contributed by atoms with Gasteiger partial charge in [0.25, 0.3) is 10.0 Å². The summed E-state index contributed by atoms with van der Waals surface area (Å²) in [6.45, 7) is -0.377. The lowest BCUT2D eigenvalue weighted by molar-refractivity contribution is -0.139. The van der Waals surface area contributed by atoms with E-state index in [0.717, 1.165) is 17.0 Å². The predicted octanol–water partition coefficient (Wildman–Crippen LogP) is 2.38. The predicted molar refractivity (Wildman–Crippen MR) is 98.7 cm³/mol. The molecule has 1 N–H and O–H groups in total. The molecule has 2 aromatic rings. The monoisotopic (exact) mass is 428 g/mol. The second kappa shape index (κ2) is 7.76. The van der Waals surface area contributed by atoms with Crippen molar-refractivity contribution in [2.45, 2.75) is 9.79 Å². The highest BCUT2D eigenvalue weighted by atomic mass is 32.2. The average molecular weight is 428 g/mol. The molecular formula is C17H14F2N2O5S2. The number of hydrogen-bond acceptors (Lipinski definition) is 6. The van der Waals surface area contributed by atoms with E-state index in [0.29, 0.717) is 11.0 Å². The minimum absolute atomic E-state index is 0.0862. The van der Waals surface area contributed by atoms with Crippen LogP contribution in [-0.4, -0.2) is 39.7 Å². The number of halogens is 2. The number of hydrogen-bond donors (Lipinski definition) is 1. The molecule has 0 unspecified atom stereocenters. The van der Waals surface area contributed by atoms with Crippen molar-refractivity contribution in [3.8, 4) is 0 Å². The number of sulfonamides is 1. The summed E-state index contributed by atoms with van der Waals surface area (Å²) in [5.74, 6) is -2.72. The molecule has 0 aromatic heterocycles. The number of esters is 1. The molecule has 3 rings (SSSR count). The minimum atomic E-state index is -4.28. The van der Waals surface area contributed by atoms with Gasteiger partial charge < -0.3 is 4.74 Å². The third-order valence-electron chi connectivity index (χ3n) is 3.87. The van der Waals surface area contributed by atoms with Gasteiger partial charge in [-0.2, -0.15) is 0 Å². The fourth-order valence-electron chi connectivity index (χ4n) is 2.50. The molecule has 2 aromatic carbocycles. The lowest BCUT2D eigenvalue weighted by Gasteiger charge is -2.28. The molecule has 11 heteroatoms. The first-order valence-corrected chi connectivity index (χ1v) is 10.3. The second-order valence-corrected chi connectivity index (χ2v) is 8.40. The van der Waals surface area contributed by atoms with E-state index in [1.54, 1.807) is 0 Å². The number of amides is 1. The molecule has 0 spiro atoms. The zero-order valence-electron chi connectivity index (χ0n) is 14.4. The molecule has 0 atom stereocenters. The van der Waals surface area contributed by atoms with Gasteiger partial charge in [0, 0.05) is 11.0 Å². The van der Waals surface area contributed by atoms with Crippen molar-refractivity contribution in [3.05, 3.63) is 48.0 Å². The zero-order chi connectivity index (χ0) is 20.5. The van der Waals surface area contributed by atoms with Gasteiger partial charge in [0.05, 0.1) is 29.1 Å². The highest BCUT2D eigenvalue weighted by Gasteiger charge is 2.29. The summed E-state index contributed by atoms with van der Waals surface area (Å²) in [4.78, 5) is 25.2. The number of methoxy groups -OCH3 is 1. The van der Waals surface area contributed by atoms with Crippen molar-refractivity contribution >= 4 is 45.0 Å². The van der Waals surface area contributed by atoms with Crippen LogP contribution in [0.3, 0.4) is 0 Å². The van der Waals surface area contributed by atoms with Crippen LogP contribution in [0.4, 0.5) is 20.2 Å². The van der Waals surface area contributed by atoms with Gasteiger partial charge in [0.2, 0.25) is 5.91 Å². The maximum Gasteiger partial charge on any atom is 0.325 e. The Bertz CT molecular complexity index is 1060. The highest BCUT2D eigenvalue weighted by molar-refractivity contribution is 8.00. The van der Waals surface area contributed by atoms with Gasteiger partial charge >= 0.3 is 5.97 Å². The number of rotatable bonds is 5. The zero-order valence-corrected chi connectivity index (χ0v) is 16.1. The van der Waals surface area contributed by atoms with E-state index < -0.39 is 33.3 Å². The molecule has 1 aliphatic heterocycles. The van der Waals surface area contributed by atoms with E-state index in [2.05, 4.69) is 4.74 Å². The molecule has 0 bridgehead atoms. The first-order chi connectivity index (χ1) is 13.2. The van der Waals surface area contributed by atoms with Crippen LogP contribution in [0, 0.1) is 11.6 Å². The molecule has 0 radical (unpaired) electrons. The number of carbonyl (C=O) groups excluding carboxylic acids is 2. The Kier molecular flexibility index (Phi) is 5.57. The Hall–Kier alpha value is -2.66. The smallest absolute Gasteiger partial charge is 0.325 e. The minimum Gasteiger partial charge on any atom is -0.468 e. The van der Waals surface area contributed by atoms with Gasteiger partial charge in [0.1, 0.15) is 18.2 Å². The molecule has 148 valence electrons. The normalized spacial score (nSPS) is 13.8. The summed E-state index contributed by atoms with van der Waals surface area (Å²) in [6.07, 6.45) is 0. The van der Waals surface area contributed by atoms with Crippen molar-refractivity contribution in [1.29, 1.82) is 0 Å². The standard InChI is InChI=1S/C17H14F2N2O5S2/c1-26-17(23)8-21-14-7-11(3-5-15(14)27-9-16(21)22)28(24,25)20-13-6-10(18)2-4-12(13)19/h2-7,20H,8-9H2,1H3. The number of nitrogens with one attached hydrogen (secondary N) is 1. The average Bonchev–Trinajstić information content (AvgIpc) is 2.66. The number of ether oxygens (including phenoxy) is 1. The molecule has 1 aliphatic rings. The molecule has 0 fully saturated rings. The number of carbonyl (C=O) groups is 2. The summed E-state index contributed by atoms with van der Waals surface area (Å²) in [7, 11) is -3.11. The second-order valence-electron chi connectivity index (χ2n) is 5.70. The lowest BCUT2D eigenvalue weighted by Crippen LogP contribution is -2.39. The quantitative estimate of drug-likeness (QED) is 0.735. The first kappa shape index (κ1) is 20.1. The number of fused-ring (bicyclic) bond motifs is 1. The number of anilines is 2. The summed E-state index contributed by atoms with van der Waals surface area (Å²) < 4.78 is 58.9. The number of nitrogens with zero attached hydrogens (tertiary/aromatic N) is 1. The van der Waals surface area contributed by atoms with E-state index in [1.807, 2.05) is 4.72 Å². The van der Waals surface area contributed by atoms with Crippen LogP contribution >= 0.6 is 11.8 Å². The SMILES string of the molecule is COC(=O)CN1C(=O)CSc2ccc(S(=O)(=O)Nc3cc(F)ccc3F)cc21. The number of thioether (sulfide) groups is 1. The maximum absolute atomic E-state index is 13.8. The van der Waals surface area contributed by atoms with Gasteiger partial charge in [-0.15, -0.1) is 11.8 Å². The number of benzene rings is 2. The third-order valence-corrected chi connectivity index (χ3v) is 6.28. The van der Waals surface area contributed by atoms with E-state index in [-0.39, 0.29) is 28.8 Å². The van der Waals surface area contributed by atoms with Crippen molar-refractivity contribution in [1.82, 2.24) is 0 Å². The molecule has 1 heterocycles. The van der Waals surface area contributed by atoms with Crippen LogP contribution in [0.5, 0.6) is 0 Å². The summed E-state index contributed by atoms with van der Waals surface area (Å²) in [5, 5.41) is 0. The first-order valence-electron chi connectivity index (χ1n) is 7.83. The summed E-state index contributed by atoms with van der Waals surface area (Å²) in [6, 6.07) is 6.33. The highest BCUT2D eigenvalue weighted by Crippen LogP contribution is 2.37. The van der Waals surface area contributed by atoms with Crippen LogP contribution in [0.25, 0.3) is 0 Å². The van der Waals surface area contributed by atoms with Crippen LogP contribution in [0.15, 0.2) is 46.2 Å². The van der Waals surface area contributed by atoms with Gasteiger partial charge in [-0.3, -0.25) is 19.2 Å². The Balaban J connectivity index is 1.98. The Morgan fingerprint density at radius 1 is 1.25 bits per heavy atom. The van der Waals surface area contributed by atoms with Crippen molar-refractivity contribution < 1.29 is 31.5 Å². The van der Waals surface area contributed by atoms with E-state index in [1.165, 1.54) is 37.1 Å². The van der Waals surface area contributed by atoms with Gasteiger partial charge in [-0.05, 0) is 30.3 Å². The van der Waals surface area contributed by atoms with Gasteiger partial charge in [-0.1, -0.05) is 0 Å². The summed E-state index contributed by atoms with van der Waals surface area (Å²) in [5.41, 5.74) is -0.330. The molecule has 1 amide bonds. The van der Waals surface area contributed by atoms with E-state index in [9.17, 15) is 26.8 Å². The maximum atomic E-state index is 13.8. The molecule has 7 nitrogen and oxygen atoms in total. The molecule has 0 saturated carbocycles. The Labute approximate surface area is 163 Å². The topological polar surface area (TPSA) is 92.8 Å². The van der Waals surface area contributed by atoms with Gasteiger partial charge in [-0.25, -0.2) is 17.2 Å². The Morgan fingerprint density at radius 3 is 2.71 bits per heavy atom. The molecular weight excluding hydrogens is 414 g/mol. The molecule has 0 saturated heterocycles. The van der Waals surface area contributed by atoms with E-state index in [4.69, 9.17) is 0 Å². The third kappa shape index (κ3) is 4.09. The lowest BCUT2D eigenvalue weighted by atomic mass is 10.2. The Morgan fingerprint density at radius 2 is 2.00 bits per heavy atom. The van der Waals surface area contributed by atoms with Crippen LogP contribution < -0.4 is 9.62 Å². The largest absolute Gasteiger partial charge is 0.468 e. The van der Waals surface area contributed by atoms with Crippen molar-refractivity contribution in [3.63, 3.8) is 0 Å². The fraction of sp³-hybridized carbons (Fsp3) is 0.176.